The minimum atomic E-state index is 0.767. The van der Waals surface area contributed by atoms with Crippen LogP contribution in [0.5, 0.6) is 0 Å². The van der Waals surface area contributed by atoms with Crippen molar-refractivity contribution in [2.45, 2.75) is 6.54 Å². The van der Waals surface area contributed by atoms with Crippen molar-refractivity contribution in [1.82, 2.24) is 25.1 Å². The van der Waals surface area contributed by atoms with Crippen molar-refractivity contribution in [2.24, 2.45) is 0 Å². The molecule has 0 radical (unpaired) electrons. The highest BCUT2D eigenvalue weighted by molar-refractivity contribution is 5.31. The molecule has 0 amide bonds. The maximum Gasteiger partial charge on any atom is 0.159 e. The van der Waals surface area contributed by atoms with Gasteiger partial charge >= 0.3 is 0 Å². The van der Waals surface area contributed by atoms with Gasteiger partial charge in [0.1, 0.15) is 12.7 Å². The fourth-order valence-corrected chi connectivity index (χ4v) is 1.28. The van der Waals surface area contributed by atoms with E-state index in [4.69, 9.17) is 0 Å². The Bertz CT molecular complexity index is 395. The molecule has 0 spiro atoms. The number of pyridine rings is 1. The average Bonchev–Trinajstić information content (AvgIpc) is 2.72. The lowest BCUT2D eigenvalue weighted by molar-refractivity contribution is 0.770. The minimum absolute atomic E-state index is 0.767. The summed E-state index contributed by atoms with van der Waals surface area (Å²) in [4.78, 5) is 8.15. The predicted molar refractivity (Wildman–Crippen MR) is 51.9 cm³/mol. The van der Waals surface area contributed by atoms with Gasteiger partial charge in [-0.15, -0.1) is 0 Å². The van der Waals surface area contributed by atoms with Crippen LogP contribution in [-0.2, 0) is 6.54 Å². The van der Waals surface area contributed by atoms with Gasteiger partial charge < -0.3 is 5.32 Å². The van der Waals surface area contributed by atoms with Crippen LogP contribution in [-0.4, -0.2) is 26.8 Å². The molecule has 0 aliphatic rings. The molecular weight excluding hydrogens is 178 g/mol. The zero-order valence-electron chi connectivity index (χ0n) is 7.88. The molecule has 2 heterocycles. The van der Waals surface area contributed by atoms with Gasteiger partial charge in [-0.2, -0.15) is 5.10 Å². The summed E-state index contributed by atoms with van der Waals surface area (Å²) in [6.07, 6.45) is 4.88. The summed E-state index contributed by atoms with van der Waals surface area (Å²) in [5.41, 5.74) is 1.10. The van der Waals surface area contributed by atoms with Crippen LogP contribution in [0, 0.1) is 0 Å². The molecule has 0 saturated carbocycles. The highest BCUT2D eigenvalue weighted by Crippen LogP contribution is 2.08. The Hall–Kier alpha value is -1.75. The Balaban J connectivity index is 2.42. The normalized spacial score (nSPS) is 10.4. The van der Waals surface area contributed by atoms with E-state index in [-0.39, 0.29) is 0 Å². The van der Waals surface area contributed by atoms with E-state index in [1.165, 1.54) is 6.33 Å². The molecule has 1 N–H and O–H groups in total. The number of nitrogens with one attached hydrogen (secondary N) is 1. The van der Waals surface area contributed by atoms with Crippen molar-refractivity contribution in [3.63, 3.8) is 0 Å². The van der Waals surface area contributed by atoms with E-state index in [2.05, 4.69) is 20.4 Å². The third-order valence-corrected chi connectivity index (χ3v) is 1.87. The van der Waals surface area contributed by atoms with Crippen molar-refractivity contribution in [1.29, 1.82) is 0 Å². The van der Waals surface area contributed by atoms with Crippen molar-refractivity contribution in [2.75, 3.05) is 7.05 Å². The molecule has 0 fully saturated rings. The van der Waals surface area contributed by atoms with E-state index in [9.17, 15) is 0 Å². The lowest BCUT2D eigenvalue weighted by atomic mass is 10.2. The van der Waals surface area contributed by atoms with E-state index in [0.29, 0.717) is 0 Å². The maximum absolute atomic E-state index is 4.26. The Kier molecular flexibility index (Phi) is 2.51. The third kappa shape index (κ3) is 1.62. The largest absolute Gasteiger partial charge is 0.316 e. The van der Waals surface area contributed by atoms with Gasteiger partial charge in [-0.3, -0.25) is 0 Å². The Morgan fingerprint density at radius 2 is 2.43 bits per heavy atom. The van der Waals surface area contributed by atoms with E-state index in [1.807, 2.05) is 19.2 Å². The van der Waals surface area contributed by atoms with Gasteiger partial charge in [0.15, 0.2) is 5.82 Å². The first-order valence-corrected chi connectivity index (χ1v) is 4.35. The highest BCUT2D eigenvalue weighted by atomic mass is 15.3. The van der Waals surface area contributed by atoms with Crippen molar-refractivity contribution in [3.05, 3.63) is 36.5 Å². The topological polar surface area (TPSA) is 55.6 Å². The molecule has 14 heavy (non-hydrogen) atoms. The fourth-order valence-electron chi connectivity index (χ4n) is 1.28. The quantitative estimate of drug-likeness (QED) is 0.758. The van der Waals surface area contributed by atoms with Crippen LogP contribution in [0.1, 0.15) is 5.56 Å². The third-order valence-electron chi connectivity index (χ3n) is 1.87. The average molecular weight is 189 g/mol. The summed E-state index contributed by atoms with van der Waals surface area (Å²) < 4.78 is 1.66. The maximum atomic E-state index is 4.26. The summed E-state index contributed by atoms with van der Waals surface area (Å²) in [6, 6.07) is 3.92. The molecule has 0 aliphatic heterocycles. The molecule has 0 atom stereocenters. The summed E-state index contributed by atoms with van der Waals surface area (Å²) >= 11 is 0. The van der Waals surface area contributed by atoms with Gasteiger partial charge in [-0.1, -0.05) is 6.07 Å². The molecule has 0 aromatic carbocycles. The second kappa shape index (κ2) is 3.97. The van der Waals surface area contributed by atoms with Crippen molar-refractivity contribution >= 4 is 0 Å². The van der Waals surface area contributed by atoms with Crippen LogP contribution in [0.2, 0.25) is 0 Å². The minimum Gasteiger partial charge on any atom is -0.316 e. The number of hydrogen-bond donors (Lipinski definition) is 1. The van der Waals surface area contributed by atoms with Gasteiger partial charge in [0.05, 0.1) is 0 Å². The lowest BCUT2D eigenvalue weighted by Gasteiger charge is -2.06. The first kappa shape index (κ1) is 8.83. The summed E-state index contributed by atoms with van der Waals surface area (Å²) in [5, 5.41) is 7.13. The fraction of sp³-hybridized carbons (Fsp3) is 0.222. The first-order valence-electron chi connectivity index (χ1n) is 4.35. The Morgan fingerprint density at radius 1 is 1.50 bits per heavy atom. The number of aromatic nitrogens is 4. The van der Waals surface area contributed by atoms with E-state index < -0.39 is 0 Å². The molecule has 0 saturated heterocycles. The molecule has 2 rings (SSSR count). The molecular formula is C9H11N5. The van der Waals surface area contributed by atoms with E-state index in [0.717, 1.165) is 17.9 Å². The van der Waals surface area contributed by atoms with E-state index in [1.54, 1.807) is 17.2 Å². The molecule has 5 heteroatoms. The molecule has 5 nitrogen and oxygen atoms in total. The zero-order chi connectivity index (χ0) is 9.80. The molecule has 2 aromatic rings. The van der Waals surface area contributed by atoms with Gasteiger partial charge in [0.2, 0.25) is 0 Å². The smallest absolute Gasteiger partial charge is 0.159 e. The highest BCUT2D eigenvalue weighted by Gasteiger charge is 2.04. The molecule has 2 aromatic heterocycles. The Morgan fingerprint density at radius 3 is 3.14 bits per heavy atom. The van der Waals surface area contributed by atoms with Crippen molar-refractivity contribution in [3.8, 4) is 5.82 Å². The first-order chi connectivity index (χ1) is 6.92. The van der Waals surface area contributed by atoms with Crippen LogP contribution in [0.3, 0.4) is 0 Å². The molecule has 0 bridgehead atoms. The lowest BCUT2D eigenvalue weighted by Crippen LogP contribution is -2.10. The standard InChI is InChI=1S/C9H11N5/c1-10-5-8-3-2-4-12-9(8)14-7-11-6-13-14/h2-4,6-7,10H,5H2,1H3. The second-order valence-corrected chi connectivity index (χ2v) is 2.86. The zero-order valence-corrected chi connectivity index (χ0v) is 7.88. The molecule has 0 aliphatic carbocycles. The molecule has 0 unspecified atom stereocenters. The van der Waals surface area contributed by atoms with Gasteiger partial charge in [0, 0.05) is 18.3 Å². The predicted octanol–water partition coefficient (Wildman–Crippen LogP) is 0.382. The number of rotatable bonds is 3. The van der Waals surface area contributed by atoms with Crippen LogP contribution >= 0.6 is 0 Å². The van der Waals surface area contributed by atoms with Gasteiger partial charge in [-0.25, -0.2) is 14.6 Å². The summed E-state index contributed by atoms with van der Waals surface area (Å²) in [6.45, 7) is 0.767. The van der Waals surface area contributed by atoms with Crippen molar-refractivity contribution < 1.29 is 0 Å². The number of nitrogens with zero attached hydrogens (tertiary/aromatic N) is 4. The Labute approximate surface area is 81.8 Å². The van der Waals surface area contributed by atoms with Gasteiger partial charge in [0.25, 0.3) is 0 Å². The van der Waals surface area contributed by atoms with Gasteiger partial charge in [-0.05, 0) is 13.1 Å². The summed E-state index contributed by atoms with van der Waals surface area (Å²) in [5.74, 6) is 0.819. The van der Waals surface area contributed by atoms with Crippen LogP contribution < -0.4 is 5.32 Å². The monoisotopic (exact) mass is 189 g/mol. The summed E-state index contributed by atoms with van der Waals surface area (Å²) in [7, 11) is 1.90. The number of hydrogen-bond acceptors (Lipinski definition) is 4. The van der Waals surface area contributed by atoms with Crippen LogP contribution in [0.25, 0.3) is 5.82 Å². The second-order valence-electron chi connectivity index (χ2n) is 2.86. The van der Waals surface area contributed by atoms with Crippen LogP contribution in [0.4, 0.5) is 0 Å². The SMILES string of the molecule is CNCc1cccnc1-n1cncn1. The molecule has 72 valence electrons. The van der Waals surface area contributed by atoms with Crippen LogP contribution in [0.15, 0.2) is 31.0 Å². The van der Waals surface area contributed by atoms with E-state index >= 15 is 0 Å².